The number of allylic oxidation sites excluding steroid dienone is 1. The normalized spacial score (nSPS) is 17.3. The van der Waals surface area contributed by atoms with Gasteiger partial charge in [0.05, 0.1) is 0 Å². The Labute approximate surface area is 92.9 Å². The van der Waals surface area contributed by atoms with Gasteiger partial charge in [-0.05, 0) is 52.6 Å². The summed E-state index contributed by atoms with van der Waals surface area (Å²) in [5.74, 6) is 0.788. The summed E-state index contributed by atoms with van der Waals surface area (Å²) in [6.45, 7) is 12.0. The highest BCUT2D eigenvalue weighted by Crippen LogP contribution is 2.10. The van der Waals surface area contributed by atoms with Crippen LogP contribution in [-0.2, 0) is 9.53 Å². The van der Waals surface area contributed by atoms with Crippen LogP contribution in [-0.4, -0.2) is 25.2 Å². The van der Waals surface area contributed by atoms with Crippen LogP contribution < -0.4 is 5.32 Å². The van der Waals surface area contributed by atoms with Crippen LogP contribution in [0.3, 0.4) is 0 Å². The first-order chi connectivity index (χ1) is 6.99. The van der Waals surface area contributed by atoms with Crippen molar-refractivity contribution in [2.45, 2.75) is 39.2 Å². The van der Waals surface area contributed by atoms with E-state index >= 15 is 0 Å². The van der Waals surface area contributed by atoms with Crippen molar-refractivity contribution >= 4 is 6.47 Å². The molecule has 1 rings (SSSR count). The molecule has 0 aromatic rings. The minimum absolute atomic E-state index is 0.318. The number of piperidine rings is 1. The van der Waals surface area contributed by atoms with E-state index in [9.17, 15) is 4.79 Å². The van der Waals surface area contributed by atoms with Crippen molar-refractivity contribution in [3.05, 3.63) is 12.7 Å². The molecule has 0 amide bonds. The molecule has 0 saturated carbocycles. The highest BCUT2D eigenvalue weighted by molar-refractivity contribution is 5.37. The van der Waals surface area contributed by atoms with E-state index in [1.54, 1.807) is 0 Å². The van der Waals surface area contributed by atoms with E-state index in [4.69, 9.17) is 0 Å². The fraction of sp³-hybridized carbons (Fsp3) is 0.750. The van der Waals surface area contributed by atoms with Gasteiger partial charge in [0.2, 0.25) is 0 Å². The molecule has 1 aliphatic heterocycles. The minimum atomic E-state index is -0.318. The largest absolute Gasteiger partial charge is 0.462 e. The molecule has 0 aromatic carbocycles. The molecule has 0 bridgehead atoms. The molecule has 0 aromatic heterocycles. The summed E-state index contributed by atoms with van der Waals surface area (Å²) in [6.07, 6.45) is 4.63. The third kappa shape index (κ3) is 9.47. The Morgan fingerprint density at radius 2 is 1.87 bits per heavy atom. The van der Waals surface area contributed by atoms with Gasteiger partial charge in [0, 0.05) is 0 Å². The van der Waals surface area contributed by atoms with Crippen molar-refractivity contribution < 1.29 is 9.53 Å². The second-order valence-electron chi connectivity index (χ2n) is 4.65. The van der Waals surface area contributed by atoms with Crippen molar-refractivity contribution in [3.8, 4) is 0 Å². The third-order valence-corrected chi connectivity index (χ3v) is 2.12. The SMILES string of the molecule is C=CC1CCNCC1.CC(C)(C)OC=O. The Morgan fingerprint density at radius 1 is 1.33 bits per heavy atom. The van der Waals surface area contributed by atoms with Gasteiger partial charge in [0.15, 0.2) is 0 Å². The van der Waals surface area contributed by atoms with Crippen LogP contribution in [0, 0.1) is 5.92 Å². The minimum Gasteiger partial charge on any atom is -0.462 e. The molecular weight excluding hydrogens is 190 g/mol. The summed E-state index contributed by atoms with van der Waals surface area (Å²) < 4.78 is 4.55. The van der Waals surface area contributed by atoms with E-state index in [0.717, 1.165) is 5.92 Å². The average molecular weight is 213 g/mol. The second kappa shape index (κ2) is 7.46. The quantitative estimate of drug-likeness (QED) is 0.564. The van der Waals surface area contributed by atoms with E-state index in [1.807, 2.05) is 20.8 Å². The predicted molar refractivity (Wildman–Crippen MR) is 62.7 cm³/mol. The average Bonchev–Trinajstić information content (AvgIpc) is 2.18. The molecule has 3 heteroatoms. The van der Waals surface area contributed by atoms with Crippen LogP contribution in [0.1, 0.15) is 33.6 Å². The van der Waals surface area contributed by atoms with E-state index in [1.165, 1.54) is 25.9 Å². The number of carbonyl (C=O) groups is 1. The maximum Gasteiger partial charge on any atom is 0.293 e. The van der Waals surface area contributed by atoms with E-state index < -0.39 is 0 Å². The van der Waals surface area contributed by atoms with Crippen LogP contribution in [0.15, 0.2) is 12.7 Å². The lowest BCUT2D eigenvalue weighted by Crippen LogP contribution is -2.26. The van der Waals surface area contributed by atoms with Crippen molar-refractivity contribution in [3.63, 3.8) is 0 Å². The fourth-order valence-electron chi connectivity index (χ4n) is 1.22. The smallest absolute Gasteiger partial charge is 0.293 e. The summed E-state index contributed by atoms with van der Waals surface area (Å²) in [4.78, 5) is 9.60. The Kier molecular flexibility index (Phi) is 7.05. The first kappa shape index (κ1) is 14.2. The van der Waals surface area contributed by atoms with Crippen molar-refractivity contribution in [2.24, 2.45) is 5.92 Å². The Morgan fingerprint density at radius 3 is 2.07 bits per heavy atom. The summed E-state index contributed by atoms with van der Waals surface area (Å²) in [6, 6.07) is 0. The van der Waals surface area contributed by atoms with Crippen LogP contribution in [0.4, 0.5) is 0 Å². The molecule has 0 atom stereocenters. The zero-order valence-corrected chi connectivity index (χ0v) is 10.1. The summed E-state index contributed by atoms with van der Waals surface area (Å²) >= 11 is 0. The van der Waals surface area contributed by atoms with Gasteiger partial charge in [0.1, 0.15) is 5.60 Å². The first-order valence-electron chi connectivity index (χ1n) is 5.44. The number of hydrogen-bond donors (Lipinski definition) is 1. The topological polar surface area (TPSA) is 38.3 Å². The summed E-state index contributed by atoms with van der Waals surface area (Å²) in [5.41, 5.74) is -0.318. The number of rotatable bonds is 2. The monoisotopic (exact) mass is 213 g/mol. The molecule has 0 unspecified atom stereocenters. The van der Waals surface area contributed by atoms with Crippen molar-refractivity contribution in [1.82, 2.24) is 5.32 Å². The Bertz CT molecular complexity index is 179. The van der Waals surface area contributed by atoms with Crippen LogP contribution in [0.25, 0.3) is 0 Å². The summed E-state index contributed by atoms with van der Waals surface area (Å²) in [7, 11) is 0. The van der Waals surface area contributed by atoms with Gasteiger partial charge in [-0.25, -0.2) is 0 Å². The van der Waals surface area contributed by atoms with Crippen LogP contribution in [0.5, 0.6) is 0 Å². The zero-order valence-electron chi connectivity index (χ0n) is 10.1. The molecule has 0 radical (unpaired) electrons. The van der Waals surface area contributed by atoms with E-state index in [2.05, 4.69) is 22.7 Å². The highest BCUT2D eigenvalue weighted by atomic mass is 16.5. The second-order valence-corrected chi connectivity index (χ2v) is 4.65. The molecule has 3 nitrogen and oxygen atoms in total. The molecule has 0 aliphatic carbocycles. The lowest BCUT2D eigenvalue weighted by Gasteiger charge is -2.18. The molecule has 15 heavy (non-hydrogen) atoms. The maximum atomic E-state index is 9.60. The standard InChI is InChI=1S/C7H13N.C5H10O2/c1-2-7-3-5-8-6-4-7;1-5(2,3)7-4-6/h2,7-8H,1,3-6H2;4H,1-3H3. The molecule has 1 aliphatic rings. The number of ether oxygens (including phenoxy) is 1. The molecule has 1 saturated heterocycles. The van der Waals surface area contributed by atoms with Gasteiger partial charge in [-0.15, -0.1) is 6.58 Å². The molecule has 88 valence electrons. The van der Waals surface area contributed by atoms with Gasteiger partial charge in [-0.2, -0.15) is 0 Å². The molecule has 1 N–H and O–H groups in total. The Balaban J connectivity index is 0.000000265. The maximum absolute atomic E-state index is 9.60. The fourth-order valence-corrected chi connectivity index (χ4v) is 1.22. The first-order valence-corrected chi connectivity index (χ1v) is 5.44. The Hall–Kier alpha value is -0.830. The molecular formula is C12H23NO2. The van der Waals surface area contributed by atoms with Gasteiger partial charge < -0.3 is 10.1 Å². The predicted octanol–water partition coefficient (Wildman–Crippen LogP) is 2.13. The van der Waals surface area contributed by atoms with Crippen molar-refractivity contribution in [1.29, 1.82) is 0 Å². The molecule has 1 fully saturated rings. The van der Waals surface area contributed by atoms with Crippen molar-refractivity contribution in [2.75, 3.05) is 13.1 Å². The number of nitrogens with one attached hydrogen (secondary N) is 1. The van der Waals surface area contributed by atoms with Crippen LogP contribution >= 0.6 is 0 Å². The van der Waals surface area contributed by atoms with Gasteiger partial charge in [-0.3, -0.25) is 4.79 Å². The highest BCUT2D eigenvalue weighted by Gasteiger charge is 2.07. The van der Waals surface area contributed by atoms with Crippen LogP contribution in [0.2, 0.25) is 0 Å². The summed E-state index contributed by atoms with van der Waals surface area (Å²) in [5, 5.41) is 3.30. The molecule has 1 heterocycles. The van der Waals surface area contributed by atoms with E-state index in [-0.39, 0.29) is 5.60 Å². The number of hydrogen-bond acceptors (Lipinski definition) is 3. The molecule has 0 spiro atoms. The van der Waals surface area contributed by atoms with Gasteiger partial charge >= 0.3 is 0 Å². The lowest BCUT2D eigenvalue weighted by molar-refractivity contribution is -0.138. The lowest BCUT2D eigenvalue weighted by atomic mass is 9.99. The third-order valence-electron chi connectivity index (χ3n) is 2.12. The van der Waals surface area contributed by atoms with Gasteiger partial charge in [-0.1, -0.05) is 6.08 Å². The number of carbonyl (C=O) groups excluding carboxylic acids is 1. The van der Waals surface area contributed by atoms with Gasteiger partial charge in [0.25, 0.3) is 6.47 Å². The zero-order chi connectivity index (χ0) is 11.7. The van der Waals surface area contributed by atoms with E-state index in [0.29, 0.717) is 6.47 Å².